The molecule has 0 heterocycles. The fourth-order valence-corrected chi connectivity index (χ4v) is 1.91. The summed E-state index contributed by atoms with van der Waals surface area (Å²) in [4.78, 5) is 0. The van der Waals surface area contributed by atoms with Crippen LogP contribution in [0.15, 0.2) is 60.7 Å². The molecule has 7 heteroatoms. The molecule has 124 valence electrons. The molecule has 23 heavy (non-hydrogen) atoms. The van der Waals surface area contributed by atoms with Crippen LogP contribution in [0.2, 0.25) is 0 Å². The van der Waals surface area contributed by atoms with E-state index >= 15 is 0 Å². The number of para-hydroxylation sites is 1. The van der Waals surface area contributed by atoms with Crippen molar-refractivity contribution in [2.75, 3.05) is 11.9 Å². The van der Waals surface area contributed by atoms with E-state index in [1.165, 1.54) is 12.1 Å². The van der Waals surface area contributed by atoms with Crippen LogP contribution in [0.3, 0.4) is 0 Å². The first-order chi connectivity index (χ1) is 10.8. The fraction of sp³-hybridized carbons (Fsp3) is 0.250. The molecule has 2 rings (SSSR count). The van der Waals surface area contributed by atoms with Gasteiger partial charge in [0.05, 0.1) is 0 Å². The minimum Gasteiger partial charge on any atom is -0.382 e. The largest absolute Gasteiger partial charge is 0.482 e. The summed E-state index contributed by atoms with van der Waals surface area (Å²) < 4.78 is 67.7. The highest BCUT2D eigenvalue weighted by Crippen LogP contribution is 2.40. The summed E-state index contributed by atoms with van der Waals surface area (Å²) in [5, 5.41) is 2.79. The highest BCUT2D eigenvalue weighted by atomic mass is 19.4. The Bertz CT molecular complexity index is 601. The number of rotatable bonds is 6. The van der Waals surface area contributed by atoms with Crippen molar-refractivity contribution in [3.05, 3.63) is 66.2 Å². The van der Waals surface area contributed by atoms with Crippen LogP contribution in [-0.4, -0.2) is 18.8 Å². The van der Waals surface area contributed by atoms with E-state index in [1.807, 2.05) is 0 Å². The van der Waals surface area contributed by atoms with Crippen LogP contribution in [0, 0.1) is 0 Å². The summed E-state index contributed by atoms with van der Waals surface area (Å²) in [6.07, 6.45) is -12.5. The third kappa shape index (κ3) is 4.66. The van der Waals surface area contributed by atoms with Gasteiger partial charge < -0.3 is 10.1 Å². The zero-order valence-electron chi connectivity index (χ0n) is 11.9. The third-order valence-electron chi connectivity index (χ3n) is 3.06. The van der Waals surface area contributed by atoms with E-state index in [-0.39, 0.29) is 12.1 Å². The molecule has 0 amide bonds. The average Bonchev–Trinajstić information content (AvgIpc) is 2.52. The summed E-state index contributed by atoms with van der Waals surface area (Å²) in [6.45, 7) is -0.236. The Kier molecular flexibility index (Phi) is 5.20. The summed E-state index contributed by atoms with van der Waals surface area (Å²) in [5.41, 5.74) is 0.812. The number of benzene rings is 2. The van der Waals surface area contributed by atoms with Crippen molar-refractivity contribution in [1.82, 2.24) is 0 Å². The van der Waals surface area contributed by atoms with Gasteiger partial charge in [-0.15, -0.1) is 0 Å². The van der Waals surface area contributed by atoms with Gasteiger partial charge in [0, 0.05) is 12.2 Å². The molecular weight excluding hydrogens is 317 g/mol. The molecule has 1 N–H and O–H groups in total. The maximum absolute atomic E-state index is 13.2. The molecular formula is C16H14F5NO. The topological polar surface area (TPSA) is 21.3 Å². The predicted octanol–water partition coefficient (Wildman–Crippen LogP) is 5.01. The van der Waals surface area contributed by atoms with Gasteiger partial charge in [-0.2, -0.15) is 22.0 Å². The number of halogens is 5. The molecule has 0 aliphatic rings. The first-order valence-corrected chi connectivity index (χ1v) is 6.76. The number of hydrogen-bond donors (Lipinski definition) is 1. The van der Waals surface area contributed by atoms with Gasteiger partial charge in [-0.25, -0.2) is 0 Å². The van der Waals surface area contributed by atoms with Gasteiger partial charge >= 0.3 is 12.3 Å². The van der Waals surface area contributed by atoms with Gasteiger partial charge in [0.1, 0.15) is 6.10 Å². The van der Waals surface area contributed by atoms with Gasteiger partial charge in [0.2, 0.25) is 0 Å². The van der Waals surface area contributed by atoms with E-state index < -0.39 is 18.4 Å². The van der Waals surface area contributed by atoms with E-state index in [9.17, 15) is 22.0 Å². The molecule has 0 saturated heterocycles. The zero-order valence-corrected chi connectivity index (χ0v) is 11.9. The summed E-state index contributed by atoms with van der Waals surface area (Å²) in [7, 11) is 0. The Balaban J connectivity index is 2.16. The van der Waals surface area contributed by atoms with E-state index in [4.69, 9.17) is 0 Å². The second-order valence-corrected chi connectivity index (χ2v) is 4.78. The third-order valence-corrected chi connectivity index (χ3v) is 3.06. The molecule has 2 nitrogen and oxygen atoms in total. The molecule has 0 aromatic heterocycles. The molecule has 0 radical (unpaired) electrons. The summed E-state index contributed by atoms with van der Waals surface area (Å²) in [5.74, 6) is 0. The molecule has 0 fully saturated rings. The maximum Gasteiger partial charge on any atom is 0.482 e. The van der Waals surface area contributed by atoms with Gasteiger partial charge in [0.25, 0.3) is 0 Å². The Morgan fingerprint density at radius 3 is 1.87 bits per heavy atom. The van der Waals surface area contributed by atoms with Crippen LogP contribution < -0.4 is 5.32 Å². The van der Waals surface area contributed by atoms with Crippen LogP contribution in [0.5, 0.6) is 0 Å². The van der Waals surface area contributed by atoms with E-state index in [0.717, 1.165) is 0 Å². The normalized spacial score (nSPS) is 13.6. The van der Waals surface area contributed by atoms with Crippen molar-refractivity contribution in [3.63, 3.8) is 0 Å². The Hall–Kier alpha value is -2.15. The van der Waals surface area contributed by atoms with Crippen molar-refractivity contribution < 1.29 is 26.7 Å². The van der Waals surface area contributed by atoms with Crippen molar-refractivity contribution in [3.8, 4) is 0 Å². The zero-order chi connectivity index (χ0) is 16.9. The lowest BCUT2D eigenvalue weighted by Crippen LogP contribution is -2.41. The van der Waals surface area contributed by atoms with Gasteiger partial charge in [-0.1, -0.05) is 48.5 Å². The lowest BCUT2D eigenvalue weighted by molar-refractivity contribution is -0.402. The van der Waals surface area contributed by atoms with Gasteiger partial charge in [-0.3, -0.25) is 0 Å². The molecule has 2 aromatic rings. The van der Waals surface area contributed by atoms with Gasteiger partial charge in [0.15, 0.2) is 0 Å². The molecule has 0 bridgehead atoms. The van der Waals surface area contributed by atoms with Crippen LogP contribution in [0.25, 0.3) is 0 Å². The minimum absolute atomic E-state index is 0.222. The monoisotopic (exact) mass is 331 g/mol. The molecule has 0 saturated carbocycles. The molecule has 2 aromatic carbocycles. The minimum atomic E-state index is -5.77. The SMILES string of the molecule is FC(F)(F)C(F)(F)OC(CNc1ccccc1)c1ccccc1. The Morgan fingerprint density at radius 2 is 1.35 bits per heavy atom. The van der Waals surface area contributed by atoms with Crippen LogP contribution >= 0.6 is 0 Å². The fourth-order valence-electron chi connectivity index (χ4n) is 1.91. The highest BCUT2D eigenvalue weighted by molar-refractivity contribution is 5.42. The Labute approximate surface area is 129 Å². The molecule has 0 aliphatic carbocycles. The van der Waals surface area contributed by atoms with E-state index in [1.54, 1.807) is 48.5 Å². The quantitative estimate of drug-likeness (QED) is 0.751. The number of alkyl halides is 5. The first-order valence-electron chi connectivity index (χ1n) is 6.76. The highest BCUT2D eigenvalue weighted by Gasteiger charge is 2.60. The van der Waals surface area contributed by atoms with Crippen molar-refractivity contribution in [2.45, 2.75) is 18.4 Å². The second-order valence-electron chi connectivity index (χ2n) is 4.78. The molecule has 0 spiro atoms. The first kappa shape index (κ1) is 17.2. The number of hydrogen-bond acceptors (Lipinski definition) is 2. The standard InChI is InChI=1S/C16H14F5NO/c17-15(18,19)16(20,21)23-14(12-7-3-1-4-8-12)11-22-13-9-5-2-6-10-13/h1-10,14,22H,11H2. The van der Waals surface area contributed by atoms with Crippen LogP contribution in [0.4, 0.5) is 27.6 Å². The van der Waals surface area contributed by atoms with Crippen molar-refractivity contribution >= 4 is 5.69 Å². The molecule has 1 atom stereocenters. The molecule has 0 aliphatic heterocycles. The second kappa shape index (κ2) is 6.95. The number of nitrogens with one attached hydrogen (secondary N) is 1. The van der Waals surface area contributed by atoms with Crippen LogP contribution in [-0.2, 0) is 4.74 Å². The maximum atomic E-state index is 13.2. The van der Waals surface area contributed by atoms with Crippen LogP contribution in [0.1, 0.15) is 11.7 Å². The lowest BCUT2D eigenvalue weighted by Gasteiger charge is -2.26. The summed E-state index contributed by atoms with van der Waals surface area (Å²) >= 11 is 0. The summed E-state index contributed by atoms with van der Waals surface area (Å²) in [6, 6.07) is 16.1. The lowest BCUT2D eigenvalue weighted by atomic mass is 10.1. The smallest absolute Gasteiger partial charge is 0.382 e. The van der Waals surface area contributed by atoms with E-state index in [0.29, 0.717) is 5.69 Å². The molecule has 1 unspecified atom stereocenters. The van der Waals surface area contributed by atoms with Gasteiger partial charge in [-0.05, 0) is 17.7 Å². The Morgan fingerprint density at radius 1 is 0.826 bits per heavy atom. The number of anilines is 1. The van der Waals surface area contributed by atoms with Crippen molar-refractivity contribution in [1.29, 1.82) is 0 Å². The predicted molar refractivity (Wildman–Crippen MR) is 76.2 cm³/mol. The average molecular weight is 331 g/mol. The van der Waals surface area contributed by atoms with Crippen molar-refractivity contribution in [2.24, 2.45) is 0 Å². The van der Waals surface area contributed by atoms with E-state index in [2.05, 4.69) is 10.1 Å². The number of ether oxygens (including phenoxy) is 1.